The molecular weight excluding hydrogens is 264 g/mol. The molecule has 0 saturated carbocycles. The van der Waals surface area contributed by atoms with Crippen molar-refractivity contribution in [3.8, 4) is 0 Å². The number of fused-ring (bicyclic) bond motifs is 1. The van der Waals surface area contributed by atoms with Crippen LogP contribution in [0.15, 0.2) is 24.3 Å². The zero-order chi connectivity index (χ0) is 13.8. The molecule has 1 heterocycles. The van der Waals surface area contributed by atoms with Gasteiger partial charge in [0, 0.05) is 11.3 Å². The first kappa shape index (κ1) is 14.4. The Morgan fingerprint density at radius 1 is 1.20 bits per heavy atom. The van der Waals surface area contributed by atoms with Crippen LogP contribution in [0.25, 0.3) is 0 Å². The minimum Gasteiger partial charge on any atom is -0.271 e. The molecule has 3 rings (SSSR count). The van der Waals surface area contributed by atoms with Crippen molar-refractivity contribution in [2.24, 2.45) is 5.84 Å². The predicted molar refractivity (Wildman–Crippen MR) is 87.9 cm³/mol. The van der Waals surface area contributed by atoms with Gasteiger partial charge < -0.3 is 0 Å². The fourth-order valence-electron chi connectivity index (χ4n) is 3.82. The topological polar surface area (TPSA) is 38.0 Å². The highest BCUT2D eigenvalue weighted by atomic mass is 32.2. The van der Waals surface area contributed by atoms with Crippen molar-refractivity contribution >= 4 is 11.8 Å². The Bertz CT molecular complexity index is 429. The number of aryl methyl sites for hydroxylation is 1. The Balaban J connectivity index is 1.70. The number of thioether (sulfide) groups is 1. The fourth-order valence-corrected chi connectivity index (χ4v) is 5.24. The molecular formula is C17H26N2S. The van der Waals surface area contributed by atoms with E-state index in [0.29, 0.717) is 17.2 Å². The van der Waals surface area contributed by atoms with Gasteiger partial charge in [-0.3, -0.25) is 11.3 Å². The van der Waals surface area contributed by atoms with Crippen LogP contribution >= 0.6 is 11.8 Å². The average Bonchev–Trinajstić information content (AvgIpc) is 2.53. The standard InChI is InChI=1S/C17H26N2S/c18-19-16(17-10-3-4-11-20-17)12-14-8-5-7-13-6-1-2-9-15(13)14/h1-2,6,9,14,16-17,19H,3-5,7-8,10-12,18H2. The molecule has 1 aromatic carbocycles. The zero-order valence-electron chi connectivity index (χ0n) is 12.2. The van der Waals surface area contributed by atoms with Crippen LogP contribution in [-0.2, 0) is 6.42 Å². The van der Waals surface area contributed by atoms with Crippen molar-refractivity contribution < 1.29 is 0 Å². The molecule has 2 nitrogen and oxygen atoms in total. The third-order valence-electron chi connectivity index (χ3n) is 4.91. The van der Waals surface area contributed by atoms with Crippen LogP contribution in [0, 0.1) is 0 Å². The zero-order valence-corrected chi connectivity index (χ0v) is 13.0. The molecule has 0 spiro atoms. The van der Waals surface area contributed by atoms with Crippen molar-refractivity contribution in [2.75, 3.05) is 5.75 Å². The van der Waals surface area contributed by atoms with Gasteiger partial charge >= 0.3 is 0 Å². The third kappa shape index (κ3) is 3.21. The van der Waals surface area contributed by atoms with E-state index < -0.39 is 0 Å². The number of hydrogen-bond acceptors (Lipinski definition) is 3. The largest absolute Gasteiger partial charge is 0.271 e. The van der Waals surface area contributed by atoms with Gasteiger partial charge in [0.1, 0.15) is 0 Å². The maximum atomic E-state index is 5.88. The fraction of sp³-hybridized carbons (Fsp3) is 0.647. The Kier molecular flexibility index (Phi) is 5.03. The molecule has 2 aliphatic rings. The monoisotopic (exact) mass is 290 g/mol. The van der Waals surface area contributed by atoms with Gasteiger partial charge in [-0.25, -0.2) is 0 Å². The quantitative estimate of drug-likeness (QED) is 0.657. The lowest BCUT2D eigenvalue weighted by molar-refractivity contribution is 0.392. The minimum atomic E-state index is 0.469. The lowest BCUT2D eigenvalue weighted by Gasteiger charge is -2.34. The van der Waals surface area contributed by atoms with E-state index in [4.69, 9.17) is 5.84 Å². The van der Waals surface area contributed by atoms with E-state index in [1.165, 1.54) is 50.7 Å². The molecule has 3 N–H and O–H groups in total. The molecule has 0 amide bonds. The van der Waals surface area contributed by atoms with E-state index in [2.05, 4.69) is 41.5 Å². The molecule has 3 atom stereocenters. The maximum absolute atomic E-state index is 5.88. The maximum Gasteiger partial charge on any atom is 0.0335 e. The summed E-state index contributed by atoms with van der Waals surface area (Å²) < 4.78 is 0. The first-order chi connectivity index (χ1) is 9.88. The van der Waals surface area contributed by atoms with E-state index in [-0.39, 0.29) is 0 Å². The molecule has 1 fully saturated rings. The summed E-state index contributed by atoms with van der Waals surface area (Å²) >= 11 is 2.12. The molecule has 0 radical (unpaired) electrons. The normalized spacial score (nSPS) is 27.9. The van der Waals surface area contributed by atoms with Gasteiger partial charge in [-0.1, -0.05) is 30.7 Å². The van der Waals surface area contributed by atoms with Crippen LogP contribution in [0.3, 0.4) is 0 Å². The van der Waals surface area contributed by atoms with Crippen LogP contribution < -0.4 is 11.3 Å². The second-order valence-electron chi connectivity index (χ2n) is 6.20. The van der Waals surface area contributed by atoms with Gasteiger partial charge in [0.2, 0.25) is 0 Å². The van der Waals surface area contributed by atoms with Crippen LogP contribution in [-0.4, -0.2) is 17.0 Å². The summed E-state index contributed by atoms with van der Waals surface area (Å²) in [6.07, 6.45) is 9.19. The third-order valence-corrected chi connectivity index (χ3v) is 6.43. The SMILES string of the molecule is NNC(CC1CCCc2ccccc21)C1CCCCS1. The second-order valence-corrected chi connectivity index (χ2v) is 7.55. The average molecular weight is 290 g/mol. The number of benzene rings is 1. The molecule has 20 heavy (non-hydrogen) atoms. The van der Waals surface area contributed by atoms with Gasteiger partial charge in [0.05, 0.1) is 0 Å². The van der Waals surface area contributed by atoms with E-state index in [1.54, 1.807) is 11.1 Å². The first-order valence-electron chi connectivity index (χ1n) is 8.04. The van der Waals surface area contributed by atoms with E-state index in [9.17, 15) is 0 Å². The van der Waals surface area contributed by atoms with Gasteiger partial charge in [0.25, 0.3) is 0 Å². The summed E-state index contributed by atoms with van der Waals surface area (Å²) in [4.78, 5) is 0. The van der Waals surface area contributed by atoms with Crippen molar-refractivity contribution in [1.29, 1.82) is 0 Å². The van der Waals surface area contributed by atoms with Crippen LogP contribution in [0.1, 0.15) is 55.6 Å². The van der Waals surface area contributed by atoms with Crippen molar-refractivity contribution in [2.45, 2.75) is 62.2 Å². The van der Waals surface area contributed by atoms with E-state index >= 15 is 0 Å². The summed E-state index contributed by atoms with van der Waals surface area (Å²) in [5, 5.41) is 0.711. The first-order valence-corrected chi connectivity index (χ1v) is 9.09. The molecule has 1 aromatic rings. The highest BCUT2D eigenvalue weighted by Gasteiger charge is 2.28. The van der Waals surface area contributed by atoms with E-state index in [0.717, 1.165) is 0 Å². The molecule has 110 valence electrons. The summed E-state index contributed by atoms with van der Waals surface area (Å²) in [6.45, 7) is 0. The molecule has 1 saturated heterocycles. The number of hydrazine groups is 1. The molecule has 1 aliphatic heterocycles. The predicted octanol–water partition coefficient (Wildman–Crippen LogP) is 3.61. The van der Waals surface area contributed by atoms with Gasteiger partial charge in [0.15, 0.2) is 0 Å². The lowest BCUT2D eigenvalue weighted by atomic mass is 9.79. The summed E-state index contributed by atoms with van der Waals surface area (Å²) in [5.74, 6) is 7.88. The number of rotatable bonds is 4. The highest BCUT2D eigenvalue weighted by Crippen LogP contribution is 2.37. The lowest BCUT2D eigenvalue weighted by Crippen LogP contribution is -2.44. The Labute approximate surface area is 126 Å². The Morgan fingerprint density at radius 2 is 2.10 bits per heavy atom. The molecule has 0 aromatic heterocycles. The number of hydrogen-bond donors (Lipinski definition) is 2. The van der Waals surface area contributed by atoms with Crippen molar-refractivity contribution in [3.63, 3.8) is 0 Å². The van der Waals surface area contributed by atoms with Crippen molar-refractivity contribution in [1.82, 2.24) is 5.43 Å². The van der Waals surface area contributed by atoms with E-state index in [1.807, 2.05) is 0 Å². The van der Waals surface area contributed by atoms with Gasteiger partial charge in [-0.05, 0) is 61.3 Å². The Morgan fingerprint density at radius 3 is 2.90 bits per heavy atom. The summed E-state index contributed by atoms with van der Waals surface area (Å²) in [6, 6.07) is 9.48. The highest BCUT2D eigenvalue weighted by molar-refractivity contribution is 8.00. The molecule has 3 unspecified atom stereocenters. The summed E-state index contributed by atoms with van der Waals surface area (Å²) in [5.41, 5.74) is 6.28. The molecule has 3 heteroatoms. The van der Waals surface area contributed by atoms with Gasteiger partial charge in [-0.2, -0.15) is 11.8 Å². The molecule has 0 bridgehead atoms. The van der Waals surface area contributed by atoms with Crippen LogP contribution in [0.2, 0.25) is 0 Å². The van der Waals surface area contributed by atoms with Crippen LogP contribution in [0.5, 0.6) is 0 Å². The van der Waals surface area contributed by atoms with Crippen molar-refractivity contribution in [3.05, 3.63) is 35.4 Å². The molecule has 1 aliphatic carbocycles. The smallest absolute Gasteiger partial charge is 0.0335 e. The van der Waals surface area contributed by atoms with Crippen LogP contribution in [0.4, 0.5) is 0 Å². The Hall–Kier alpha value is -0.510. The summed E-state index contributed by atoms with van der Waals surface area (Å²) in [7, 11) is 0. The van der Waals surface area contributed by atoms with Gasteiger partial charge in [-0.15, -0.1) is 0 Å². The number of nitrogens with one attached hydrogen (secondary N) is 1. The second kappa shape index (κ2) is 6.97. The minimum absolute atomic E-state index is 0.469. The number of nitrogens with two attached hydrogens (primary N) is 1.